The quantitative estimate of drug-likeness (QED) is 0.907. The molecule has 0 aliphatic heterocycles. The van der Waals surface area contributed by atoms with E-state index in [0.29, 0.717) is 0 Å². The number of anilines is 1. The van der Waals surface area contributed by atoms with E-state index in [-0.39, 0.29) is 0 Å². The van der Waals surface area contributed by atoms with Crippen molar-refractivity contribution in [3.63, 3.8) is 0 Å². The first kappa shape index (κ1) is 15.0. The molecule has 3 nitrogen and oxygen atoms in total. The number of benzene rings is 1. The number of aliphatic hydroxyl groups excluding tert-OH is 1. The maximum atomic E-state index is 9.59. The predicted molar refractivity (Wildman–Crippen MR) is 86.0 cm³/mol. The van der Waals surface area contributed by atoms with Gasteiger partial charge in [0.2, 0.25) is 0 Å². The molecular weight excluding hydrogens is 316 g/mol. The number of rotatable bonds is 5. The molecule has 0 saturated carbocycles. The minimum absolute atomic E-state index is 0.445. The van der Waals surface area contributed by atoms with Gasteiger partial charge in [-0.2, -0.15) is 0 Å². The lowest BCUT2D eigenvalue weighted by atomic mass is 10.1. The normalized spacial score (nSPS) is 12.2. The van der Waals surface area contributed by atoms with Crippen molar-refractivity contribution in [3.8, 4) is 0 Å². The van der Waals surface area contributed by atoms with Gasteiger partial charge in [0, 0.05) is 36.4 Å². The summed E-state index contributed by atoms with van der Waals surface area (Å²) in [6.07, 6.45) is 2.28. The smallest absolute Gasteiger partial charge is 0.0762 e. The number of likely N-dealkylation sites (N-methyl/N-ethyl adjacent to an activating group) is 1. The van der Waals surface area contributed by atoms with Crippen LogP contribution >= 0.6 is 15.9 Å². The van der Waals surface area contributed by atoms with Gasteiger partial charge >= 0.3 is 0 Å². The molecule has 1 aromatic carbocycles. The molecule has 2 aromatic rings. The van der Waals surface area contributed by atoms with Crippen LogP contribution in [-0.2, 0) is 6.42 Å². The van der Waals surface area contributed by atoms with Crippen LogP contribution in [-0.4, -0.2) is 23.7 Å². The number of aromatic nitrogens is 1. The Hall–Kier alpha value is -1.39. The van der Waals surface area contributed by atoms with Crippen molar-refractivity contribution in [2.24, 2.45) is 0 Å². The molecule has 2 rings (SSSR count). The number of hydrogen-bond donors (Lipinski definition) is 1. The van der Waals surface area contributed by atoms with Crippen molar-refractivity contribution in [3.05, 3.63) is 58.3 Å². The first-order valence-corrected chi connectivity index (χ1v) is 7.46. The van der Waals surface area contributed by atoms with Crippen LogP contribution < -0.4 is 4.90 Å². The maximum absolute atomic E-state index is 9.59. The summed E-state index contributed by atoms with van der Waals surface area (Å²) in [5, 5.41) is 9.59. The molecule has 0 saturated heterocycles. The summed E-state index contributed by atoms with van der Waals surface area (Å²) in [5.41, 5.74) is 3.13. The van der Waals surface area contributed by atoms with Gasteiger partial charge in [-0.25, -0.2) is 0 Å². The fourth-order valence-electron chi connectivity index (χ4n) is 2.04. The summed E-state index contributed by atoms with van der Waals surface area (Å²) in [7, 11) is 2.06. The van der Waals surface area contributed by atoms with Gasteiger partial charge in [0.1, 0.15) is 0 Å². The highest BCUT2D eigenvalue weighted by Crippen LogP contribution is 2.28. The van der Waals surface area contributed by atoms with Crippen molar-refractivity contribution in [2.75, 3.05) is 18.5 Å². The highest BCUT2D eigenvalue weighted by atomic mass is 79.9. The Morgan fingerprint density at radius 3 is 2.70 bits per heavy atom. The van der Waals surface area contributed by atoms with Gasteiger partial charge in [-0.15, -0.1) is 0 Å². The summed E-state index contributed by atoms with van der Waals surface area (Å²) in [4.78, 5) is 6.52. The van der Waals surface area contributed by atoms with Crippen molar-refractivity contribution in [1.29, 1.82) is 0 Å². The Bertz CT molecular complexity index is 558. The van der Waals surface area contributed by atoms with Gasteiger partial charge in [-0.05, 0) is 52.7 Å². The van der Waals surface area contributed by atoms with Crippen LogP contribution in [0.5, 0.6) is 0 Å². The van der Waals surface area contributed by atoms with E-state index in [1.54, 1.807) is 6.92 Å². The lowest BCUT2D eigenvalue weighted by molar-refractivity contribution is 0.199. The first-order valence-electron chi connectivity index (χ1n) is 6.66. The monoisotopic (exact) mass is 334 g/mol. The van der Waals surface area contributed by atoms with E-state index in [1.807, 2.05) is 42.6 Å². The molecule has 1 atom stereocenters. The second-order valence-corrected chi connectivity index (χ2v) is 5.73. The van der Waals surface area contributed by atoms with Crippen LogP contribution in [0.3, 0.4) is 0 Å². The summed E-state index contributed by atoms with van der Waals surface area (Å²) in [5.74, 6) is 0. The largest absolute Gasteiger partial charge is 0.389 e. The van der Waals surface area contributed by atoms with Crippen molar-refractivity contribution >= 4 is 21.6 Å². The Morgan fingerprint density at radius 1 is 1.30 bits per heavy atom. The van der Waals surface area contributed by atoms with Gasteiger partial charge in [0.25, 0.3) is 0 Å². The molecule has 1 N–H and O–H groups in total. The molecule has 0 unspecified atom stereocenters. The minimum Gasteiger partial charge on any atom is -0.389 e. The fourth-order valence-corrected chi connectivity index (χ4v) is 2.74. The molecule has 0 fully saturated rings. The van der Waals surface area contributed by atoms with Gasteiger partial charge in [0.15, 0.2) is 0 Å². The highest BCUT2D eigenvalue weighted by molar-refractivity contribution is 9.10. The first-order chi connectivity index (χ1) is 9.58. The molecule has 0 aliphatic rings. The van der Waals surface area contributed by atoms with Crippen LogP contribution in [0.25, 0.3) is 0 Å². The molecule has 4 heteroatoms. The Balaban J connectivity index is 2.04. The average Bonchev–Trinajstić information content (AvgIpc) is 2.45. The van der Waals surface area contributed by atoms with Gasteiger partial charge in [0.05, 0.1) is 11.8 Å². The topological polar surface area (TPSA) is 36.4 Å². The lowest BCUT2D eigenvalue weighted by Crippen LogP contribution is -2.21. The summed E-state index contributed by atoms with van der Waals surface area (Å²) in [6.45, 7) is 2.66. The van der Waals surface area contributed by atoms with E-state index < -0.39 is 6.10 Å². The standard InChI is InChI=1S/C16H19BrN2O/c1-12(20)13-6-7-16(15(17)11-13)19(2)10-8-14-5-3-4-9-18-14/h3-7,9,11-12,20H,8,10H2,1-2H3/t12-/m0/s1. The van der Waals surface area contributed by atoms with Gasteiger partial charge in [-0.1, -0.05) is 12.1 Å². The van der Waals surface area contributed by atoms with E-state index in [4.69, 9.17) is 0 Å². The zero-order valence-corrected chi connectivity index (χ0v) is 13.3. The zero-order valence-electron chi connectivity index (χ0n) is 11.8. The molecule has 0 spiro atoms. The lowest BCUT2D eigenvalue weighted by Gasteiger charge is -2.21. The minimum atomic E-state index is -0.445. The SMILES string of the molecule is C[C@H](O)c1ccc(N(C)CCc2ccccn2)c(Br)c1. The molecule has 0 aliphatic carbocycles. The van der Waals surface area contributed by atoms with E-state index in [2.05, 4.69) is 32.9 Å². The number of nitrogens with zero attached hydrogens (tertiary/aromatic N) is 2. The van der Waals surface area contributed by atoms with E-state index in [1.165, 1.54) is 0 Å². The molecular formula is C16H19BrN2O. The zero-order chi connectivity index (χ0) is 14.5. The molecule has 106 valence electrons. The van der Waals surface area contributed by atoms with E-state index in [0.717, 1.165) is 34.4 Å². The second kappa shape index (κ2) is 6.86. The van der Waals surface area contributed by atoms with Crippen molar-refractivity contribution in [2.45, 2.75) is 19.4 Å². The van der Waals surface area contributed by atoms with Gasteiger partial charge in [-0.3, -0.25) is 4.98 Å². The summed E-state index contributed by atoms with van der Waals surface area (Å²) < 4.78 is 0.999. The molecule has 0 radical (unpaired) electrons. The Kier molecular flexibility index (Phi) is 5.15. The van der Waals surface area contributed by atoms with E-state index >= 15 is 0 Å². The number of pyridine rings is 1. The third-order valence-corrected chi connectivity index (χ3v) is 3.93. The van der Waals surface area contributed by atoms with Gasteiger partial charge < -0.3 is 10.0 Å². The molecule has 1 heterocycles. The number of halogens is 1. The molecule has 0 amide bonds. The van der Waals surface area contributed by atoms with Crippen LogP contribution in [0.4, 0.5) is 5.69 Å². The number of aliphatic hydroxyl groups is 1. The maximum Gasteiger partial charge on any atom is 0.0762 e. The van der Waals surface area contributed by atoms with E-state index in [9.17, 15) is 5.11 Å². The summed E-state index contributed by atoms with van der Waals surface area (Å²) >= 11 is 3.57. The van der Waals surface area contributed by atoms with Crippen LogP contribution in [0.1, 0.15) is 24.3 Å². The summed E-state index contributed by atoms with van der Waals surface area (Å²) in [6, 6.07) is 11.9. The molecule has 0 bridgehead atoms. The third kappa shape index (κ3) is 3.81. The Morgan fingerprint density at radius 2 is 2.10 bits per heavy atom. The number of hydrogen-bond acceptors (Lipinski definition) is 3. The van der Waals surface area contributed by atoms with Crippen LogP contribution in [0.15, 0.2) is 47.1 Å². The van der Waals surface area contributed by atoms with Crippen molar-refractivity contribution < 1.29 is 5.11 Å². The predicted octanol–water partition coefficient (Wildman–Crippen LogP) is 3.58. The highest BCUT2D eigenvalue weighted by Gasteiger charge is 2.09. The average molecular weight is 335 g/mol. The molecule has 1 aromatic heterocycles. The third-order valence-electron chi connectivity index (χ3n) is 3.29. The van der Waals surface area contributed by atoms with Crippen LogP contribution in [0.2, 0.25) is 0 Å². The fraction of sp³-hybridized carbons (Fsp3) is 0.312. The van der Waals surface area contributed by atoms with Crippen LogP contribution in [0, 0.1) is 0 Å². The van der Waals surface area contributed by atoms with Crippen molar-refractivity contribution in [1.82, 2.24) is 4.98 Å². The molecule has 20 heavy (non-hydrogen) atoms. The Labute approximate surface area is 128 Å². The second-order valence-electron chi connectivity index (χ2n) is 4.88.